The van der Waals surface area contributed by atoms with Gasteiger partial charge in [-0.2, -0.15) is 0 Å². The summed E-state index contributed by atoms with van der Waals surface area (Å²) >= 11 is 1.36. The maximum Gasteiger partial charge on any atom is 0.348 e. The SMILES string of the molecule is CCOC(=O)c1cc2cc(NC(=O)C(Cc3ccccc3)n3cnnn3)ccc2s1. The van der Waals surface area contributed by atoms with Crippen LogP contribution in [0.4, 0.5) is 5.69 Å². The highest BCUT2D eigenvalue weighted by Crippen LogP contribution is 2.29. The largest absolute Gasteiger partial charge is 0.462 e. The smallest absolute Gasteiger partial charge is 0.348 e. The Morgan fingerprint density at radius 1 is 1.17 bits per heavy atom. The van der Waals surface area contributed by atoms with Crippen molar-refractivity contribution >= 4 is 39.0 Å². The molecule has 0 aliphatic heterocycles. The van der Waals surface area contributed by atoms with Crippen molar-refractivity contribution in [1.82, 2.24) is 20.2 Å². The summed E-state index contributed by atoms with van der Waals surface area (Å²) in [5.74, 6) is -0.572. The third-order valence-corrected chi connectivity index (χ3v) is 5.62. The van der Waals surface area contributed by atoms with Crippen LogP contribution >= 0.6 is 11.3 Å². The Hall–Kier alpha value is -3.59. The molecule has 2 heterocycles. The standard InChI is InChI=1S/C21H19N5O3S/c1-2-29-21(28)19-12-15-11-16(8-9-18(15)30-19)23-20(27)17(26-13-22-24-25-26)10-14-6-4-3-5-7-14/h3-9,11-13,17H,2,10H2,1H3,(H,23,27). The number of tetrazole rings is 1. The molecule has 2 aromatic carbocycles. The van der Waals surface area contributed by atoms with E-state index in [4.69, 9.17) is 4.74 Å². The molecule has 0 fully saturated rings. The number of nitrogens with zero attached hydrogens (tertiary/aromatic N) is 4. The molecule has 9 heteroatoms. The van der Waals surface area contributed by atoms with Gasteiger partial charge in [-0.05, 0) is 52.6 Å². The van der Waals surface area contributed by atoms with Crippen molar-refractivity contribution in [2.24, 2.45) is 0 Å². The van der Waals surface area contributed by atoms with Crippen molar-refractivity contribution in [1.29, 1.82) is 0 Å². The van der Waals surface area contributed by atoms with Crippen LogP contribution in [-0.2, 0) is 16.0 Å². The first-order valence-corrected chi connectivity index (χ1v) is 10.2. The second kappa shape index (κ2) is 8.83. The number of aromatic nitrogens is 4. The van der Waals surface area contributed by atoms with Crippen LogP contribution in [0.1, 0.15) is 28.2 Å². The average molecular weight is 421 g/mol. The minimum absolute atomic E-state index is 0.230. The van der Waals surface area contributed by atoms with E-state index in [9.17, 15) is 9.59 Å². The van der Waals surface area contributed by atoms with Gasteiger partial charge in [-0.15, -0.1) is 16.4 Å². The third-order valence-electron chi connectivity index (χ3n) is 4.52. The molecule has 1 amide bonds. The van der Waals surface area contributed by atoms with Crippen LogP contribution in [-0.4, -0.2) is 38.7 Å². The van der Waals surface area contributed by atoms with Crippen LogP contribution in [0.2, 0.25) is 0 Å². The molecule has 4 aromatic rings. The summed E-state index contributed by atoms with van der Waals surface area (Å²) in [4.78, 5) is 25.6. The maximum absolute atomic E-state index is 13.1. The molecule has 30 heavy (non-hydrogen) atoms. The van der Waals surface area contributed by atoms with Gasteiger partial charge < -0.3 is 10.1 Å². The quantitative estimate of drug-likeness (QED) is 0.459. The van der Waals surface area contributed by atoms with Crippen LogP contribution < -0.4 is 5.32 Å². The normalized spacial score (nSPS) is 11.9. The summed E-state index contributed by atoms with van der Waals surface area (Å²) in [5.41, 5.74) is 1.63. The van der Waals surface area contributed by atoms with Crippen LogP contribution in [0.5, 0.6) is 0 Å². The first-order valence-electron chi connectivity index (χ1n) is 9.42. The summed E-state index contributed by atoms with van der Waals surface area (Å²) in [6.45, 7) is 2.10. The molecule has 0 bridgehead atoms. The number of carbonyl (C=O) groups excluding carboxylic acids is 2. The molecular weight excluding hydrogens is 402 g/mol. The summed E-state index contributed by atoms with van der Waals surface area (Å²) < 4.78 is 7.45. The van der Waals surface area contributed by atoms with Crippen molar-refractivity contribution < 1.29 is 14.3 Å². The lowest BCUT2D eigenvalue weighted by atomic mass is 10.1. The Morgan fingerprint density at radius 3 is 2.73 bits per heavy atom. The van der Waals surface area contributed by atoms with E-state index in [1.165, 1.54) is 22.3 Å². The molecule has 1 unspecified atom stereocenters. The molecule has 1 atom stereocenters. The Kier molecular flexibility index (Phi) is 5.80. The first kappa shape index (κ1) is 19.7. The summed E-state index contributed by atoms with van der Waals surface area (Å²) in [6, 6.07) is 16.4. The van der Waals surface area contributed by atoms with Gasteiger partial charge in [0.15, 0.2) is 0 Å². The lowest BCUT2D eigenvalue weighted by molar-refractivity contribution is -0.119. The number of anilines is 1. The van der Waals surface area contributed by atoms with Crippen LogP contribution in [0.15, 0.2) is 60.9 Å². The highest BCUT2D eigenvalue weighted by atomic mass is 32.1. The minimum atomic E-state index is -0.601. The fourth-order valence-electron chi connectivity index (χ4n) is 3.10. The predicted molar refractivity (Wildman–Crippen MR) is 113 cm³/mol. The molecule has 0 saturated heterocycles. The molecule has 4 rings (SSSR count). The number of hydrogen-bond donors (Lipinski definition) is 1. The minimum Gasteiger partial charge on any atom is -0.462 e. The zero-order valence-corrected chi connectivity index (χ0v) is 17.0. The van der Waals surface area contributed by atoms with Gasteiger partial charge in [0.2, 0.25) is 5.91 Å². The summed E-state index contributed by atoms with van der Waals surface area (Å²) in [5, 5.41) is 15.0. The summed E-state index contributed by atoms with van der Waals surface area (Å²) in [7, 11) is 0. The number of thiophene rings is 1. The van der Waals surface area contributed by atoms with E-state index in [2.05, 4.69) is 20.8 Å². The number of fused-ring (bicyclic) bond motifs is 1. The van der Waals surface area contributed by atoms with Crippen molar-refractivity contribution in [3.05, 3.63) is 71.4 Å². The van der Waals surface area contributed by atoms with Crippen molar-refractivity contribution in [2.75, 3.05) is 11.9 Å². The third kappa shape index (κ3) is 4.36. The predicted octanol–water partition coefficient (Wildman–Crippen LogP) is 3.49. The zero-order valence-electron chi connectivity index (χ0n) is 16.2. The van der Waals surface area contributed by atoms with Crippen molar-refractivity contribution in [3.8, 4) is 0 Å². The topological polar surface area (TPSA) is 99.0 Å². The Labute approximate surface area is 176 Å². The fraction of sp³-hybridized carbons (Fsp3) is 0.190. The van der Waals surface area contributed by atoms with Crippen molar-refractivity contribution in [3.63, 3.8) is 0 Å². The molecule has 0 saturated carbocycles. The molecule has 0 aliphatic rings. The van der Waals surface area contributed by atoms with Gasteiger partial charge in [0.05, 0.1) is 6.61 Å². The van der Waals surface area contributed by atoms with Crippen LogP contribution in [0.25, 0.3) is 10.1 Å². The van der Waals surface area contributed by atoms with E-state index in [-0.39, 0.29) is 11.9 Å². The molecule has 2 aromatic heterocycles. The molecular formula is C21H19N5O3S. The Balaban J connectivity index is 1.55. The second-order valence-electron chi connectivity index (χ2n) is 6.57. The lowest BCUT2D eigenvalue weighted by Crippen LogP contribution is -2.28. The van der Waals surface area contributed by atoms with Gasteiger partial charge in [-0.3, -0.25) is 4.79 Å². The van der Waals surface area contributed by atoms with E-state index < -0.39 is 6.04 Å². The maximum atomic E-state index is 13.1. The lowest BCUT2D eigenvalue weighted by Gasteiger charge is -2.16. The van der Waals surface area contributed by atoms with E-state index in [1.807, 2.05) is 48.5 Å². The highest BCUT2D eigenvalue weighted by molar-refractivity contribution is 7.20. The van der Waals surface area contributed by atoms with Gasteiger partial charge in [-0.1, -0.05) is 30.3 Å². The molecule has 0 radical (unpaired) electrons. The van der Waals surface area contributed by atoms with Crippen LogP contribution in [0, 0.1) is 0 Å². The Morgan fingerprint density at radius 2 is 2.00 bits per heavy atom. The van der Waals surface area contributed by atoms with E-state index in [0.717, 1.165) is 15.6 Å². The van der Waals surface area contributed by atoms with E-state index in [1.54, 1.807) is 13.0 Å². The monoisotopic (exact) mass is 421 g/mol. The highest BCUT2D eigenvalue weighted by Gasteiger charge is 2.23. The van der Waals surface area contributed by atoms with Gasteiger partial charge in [0.1, 0.15) is 17.2 Å². The molecule has 1 N–H and O–H groups in total. The van der Waals surface area contributed by atoms with Crippen LogP contribution in [0.3, 0.4) is 0 Å². The van der Waals surface area contributed by atoms with E-state index in [0.29, 0.717) is 23.6 Å². The van der Waals surface area contributed by atoms with Gasteiger partial charge in [-0.25, -0.2) is 9.48 Å². The number of benzene rings is 2. The van der Waals surface area contributed by atoms with Crippen molar-refractivity contribution in [2.45, 2.75) is 19.4 Å². The molecule has 0 spiro atoms. The number of nitrogens with one attached hydrogen (secondary N) is 1. The number of carbonyl (C=O) groups is 2. The number of hydrogen-bond acceptors (Lipinski definition) is 7. The number of esters is 1. The number of amides is 1. The molecule has 152 valence electrons. The zero-order chi connectivity index (χ0) is 20.9. The molecule has 8 nitrogen and oxygen atoms in total. The molecule has 0 aliphatic carbocycles. The average Bonchev–Trinajstić information content (AvgIpc) is 3.42. The fourth-order valence-corrected chi connectivity index (χ4v) is 4.04. The first-order chi connectivity index (χ1) is 14.6. The number of ether oxygens (including phenoxy) is 1. The second-order valence-corrected chi connectivity index (χ2v) is 7.65. The van der Waals surface area contributed by atoms with Gasteiger partial charge >= 0.3 is 5.97 Å². The van der Waals surface area contributed by atoms with E-state index >= 15 is 0 Å². The van der Waals surface area contributed by atoms with Gasteiger partial charge in [0, 0.05) is 16.8 Å². The Bertz CT molecular complexity index is 1160. The number of rotatable bonds is 7. The van der Waals surface area contributed by atoms with Gasteiger partial charge in [0.25, 0.3) is 0 Å². The summed E-state index contributed by atoms with van der Waals surface area (Å²) in [6.07, 6.45) is 1.88.